The Morgan fingerprint density at radius 3 is 2.12 bits per heavy atom. The second kappa shape index (κ2) is 10.8. The van der Waals surface area contributed by atoms with E-state index >= 15 is 0 Å². The Morgan fingerprint density at radius 2 is 1.55 bits per heavy atom. The van der Waals surface area contributed by atoms with Crippen LogP contribution in [-0.4, -0.2) is 25.2 Å². The van der Waals surface area contributed by atoms with Crippen molar-refractivity contribution in [1.82, 2.24) is 9.62 Å². The van der Waals surface area contributed by atoms with Crippen LogP contribution in [0.5, 0.6) is 0 Å². The normalized spacial score (nSPS) is 12.5. The van der Waals surface area contributed by atoms with Crippen molar-refractivity contribution < 1.29 is 17.6 Å². The Balaban J connectivity index is 1.88. The number of sulfonamides is 1. The molecule has 0 aromatic heterocycles. The predicted molar refractivity (Wildman–Crippen MR) is 128 cm³/mol. The summed E-state index contributed by atoms with van der Waals surface area (Å²) in [6.07, 6.45) is 0. The third kappa shape index (κ3) is 6.46. The number of nitrogens with zero attached hydrogens (tertiary/aromatic N) is 1. The number of rotatable bonds is 8. The third-order valence-corrected chi connectivity index (χ3v) is 7.68. The van der Waals surface area contributed by atoms with Gasteiger partial charge in [0.2, 0.25) is 15.9 Å². The van der Waals surface area contributed by atoms with Gasteiger partial charge in [0.05, 0.1) is 17.5 Å². The number of hydrogen-bond donors (Lipinski definition) is 1. The summed E-state index contributed by atoms with van der Waals surface area (Å²) in [5.41, 5.74) is 1.05. The van der Waals surface area contributed by atoms with Gasteiger partial charge in [-0.05, 0) is 61.0 Å². The van der Waals surface area contributed by atoms with Crippen LogP contribution in [0.25, 0.3) is 0 Å². The molecular formula is C23H20Cl3FN2O3S. The summed E-state index contributed by atoms with van der Waals surface area (Å²) in [6.45, 7) is 1.01. The highest BCUT2D eigenvalue weighted by molar-refractivity contribution is 7.89. The summed E-state index contributed by atoms with van der Waals surface area (Å²) < 4.78 is 40.9. The fourth-order valence-electron chi connectivity index (χ4n) is 3.12. The summed E-state index contributed by atoms with van der Waals surface area (Å²) in [6, 6.07) is 15.6. The molecule has 0 radical (unpaired) electrons. The Hall–Kier alpha value is -2.16. The molecule has 1 N–H and O–H groups in total. The van der Waals surface area contributed by atoms with Crippen LogP contribution in [0.4, 0.5) is 4.39 Å². The molecule has 1 amide bonds. The van der Waals surface area contributed by atoms with Gasteiger partial charge < -0.3 is 5.32 Å². The lowest BCUT2D eigenvalue weighted by Crippen LogP contribution is -2.41. The largest absolute Gasteiger partial charge is 0.348 e. The van der Waals surface area contributed by atoms with Crippen molar-refractivity contribution in [3.05, 3.63) is 98.7 Å². The smallest absolute Gasteiger partial charge is 0.243 e. The molecule has 0 saturated carbocycles. The number of amides is 1. The van der Waals surface area contributed by atoms with Gasteiger partial charge in [0, 0.05) is 27.2 Å². The molecule has 0 saturated heterocycles. The lowest BCUT2D eigenvalue weighted by atomic mass is 10.1. The highest BCUT2D eigenvalue weighted by atomic mass is 35.5. The monoisotopic (exact) mass is 528 g/mol. The summed E-state index contributed by atoms with van der Waals surface area (Å²) in [5.74, 6) is -0.943. The Kier molecular flexibility index (Phi) is 8.37. The SMILES string of the molecule is C[C@H](NC(=O)CN(Cc1c(Cl)cccc1Cl)S(=O)(=O)c1ccc(Cl)cc1)c1ccc(F)cc1. The van der Waals surface area contributed by atoms with Crippen LogP contribution in [0.15, 0.2) is 71.6 Å². The third-order valence-electron chi connectivity index (χ3n) is 4.92. The molecular weight excluding hydrogens is 510 g/mol. The van der Waals surface area contributed by atoms with Crippen LogP contribution >= 0.6 is 34.8 Å². The zero-order valence-corrected chi connectivity index (χ0v) is 20.5. The fraction of sp³-hybridized carbons (Fsp3) is 0.174. The minimum atomic E-state index is -4.10. The van der Waals surface area contributed by atoms with Crippen LogP contribution in [0.1, 0.15) is 24.1 Å². The van der Waals surface area contributed by atoms with Crippen molar-refractivity contribution in [2.45, 2.75) is 24.4 Å². The molecule has 0 spiro atoms. The Morgan fingerprint density at radius 1 is 0.970 bits per heavy atom. The van der Waals surface area contributed by atoms with Gasteiger partial charge in [0.1, 0.15) is 5.82 Å². The zero-order chi connectivity index (χ0) is 24.2. The predicted octanol–water partition coefficient (Wildman–Crippen LogP) is 5.85. The summed E-state index contributed by atoms with van der Waals surface area (Å²) in [5, 5.41) is 3.67. The quantitative estimate of drug-likeness (QED) is 0.398. The average molecular weight is 530 g/mol. The highest BCUT2D eigenvalue weighted by Crippen LogP contribution is 2.28. The Bertz CT molecular complexity index is 1220. The molecule has 0 aliphatic rings. The molecule has 0 aliphatic heterocycles. The fourth-order valence-corrected chi connectivity index (χ4v) is 5.13. The second-order valence-corrected chi connectivity index (χ2v) is 10.5. The average Bonchev–Trinajstić information content (AvgIpc) is 2.76. The van der Waals surface area contributed by atoms with Crippen molar-refractivity contribution in [3.63, 3.8) is 0 Å². The van der Waals surface area contributed by atoms with E-state index < -0.39 is 34.3 Å². The van der Waals surface area contributed by atoms with Gasteiger partial charge in [-0.1, -0.05) is 53.0 Å². The molecule has 174 valence electrons. The number of hydrogen-bond acceptors (Lipinski definition) is 3. The van der Waals surface area contributed by atoms with Crippen molar-refractivity contribution in [2.75, 3.05) is 6.54 Å². The van der Waals surface area contributed by atoms with E-state index in [0.29, 0.717) is 16.1 Å². The van der Waals surface area contributed by atoms with Crippen LogP contribution in [0.3, 0.4) is 0 Å². The molecule has 3 rings (SSSR count). The van der Waals surface area contributed by atoms with Gasteiger partial charge in [-0.15, -0.1) is 0 Å². The van der Waals surface area contributed by atoms with E-state index in [1.807, 2.05) is 0 Å². The van der Waals surface area contributed by atoms with E-state index in [9.17, 15) is 17.6 Å². The molecule has 5 nitrogen and oxygen atoms in total. The van der Waals surface area contributed by atoms with Crippen LogP contribution in [0.2, 0.25) is 15.1 Å². The van der Waals surface area contributed by atoms with E-state index in [-0.39, 0.29) is 21.5 Å². The number of benzene rings is 3. The lowest BCUT2D eigenvalue weighted by Gasteiger charge is -2.24. The van der Waals surface area contributed by atoms with Gasteiger partial charge in [-0.3, -0.25) is 4.79 Å². The van der Waals surface area contributed by atoms with E-state index in [0.717, 1.165) is 4.31 Å². The molecule has 33 heavy (non-hydrogen) atoms. The molecule has 1 atom stereocenters. The highest BCUT2D eigenvalue weighted by Gasteiger charge is 2.29. The number of nitrogens with one attached hydrogen (secondary N) is 1. The first kappa shape index (κ1) is 25.5. The second-order valence-electron chi connectivity index (χ2n) is 7.27. The van der Waals surface area contributed by atoms with Gasteiger partial charge >= 0.3 is 0 Å². The zero-order valence-electron chi connectivity index (χ0n) is 17.4. The topological polar surface area (TPSA) is 66.5 Å². The number of halogens is 4. The van der Waals surface area contributed by atoms with Crippen molar-refractivity contribution in [1.29, 1.82) is 0 Å². The minimum Gasteiger partial charge on any atom is -0.348 e. The summed E-state index contributed by atoms with van der Waals surface area (Å²) >= 11 is 18.4. The van der Waals surface area contributed by atoms with E-state index in [1.54, 1.807) is 37.3 Å². The summed E-state index contributed by atoms with van der Waals surface area (Å²) in [7, 11) is -4.10. The number of carbonyl (C=O) groups is 1. The maximum absolute atomic E-state index is 13.4. The first-order chi connectivity index (χ1) is 15.6. The molecule has 0 aliphatic carbocycles. The first-order valence-electron chi connectivity index (χ1n) is 9.81. The standard InChI is InChI=1S/C23H20Cl3FN2O3S/c1-15(16-5-9-18(27)10-6-16)28-23(30)14-29(13-20-21(25)3-2-4-22(20)26)33(31,32)19-11-7-17(24)8-12-19/h2-12,15H,13-14H2,1H3,(H,28,30)/t15-/m0/s1. The molecule has 0 unspecified atom stereocenters. The molecule has 0 fully saturated rings. The Labute approximate surface area is 207 Å². The number of carbonyl (C=O) groups excluding carboxylic acids is 1. The molecule has 3 aromatic carbocycles. The van der Waals surface area contributed by atoms with Crippen LogP contribution in [-0.2, 0) is 21.4 Å². The van der Waals surface area contributed by atoms with Crippen LogP contribution in [0, 0.1) is 5.82 Å². The van der Waals surface area contributed by atoms with Gasteiger partial charge in [-0.25, -0.2) is 12.8 Å². The summed E-state index contributed by atoms with van der Waals surface area (Å²) in [4.78, 5) is 12.8. The maximum Gasteiger partial charge on any atom is 0.243 e. The van der Waals surface area contributed by atoms with Crippen molar-refractivity contribution >= 4 is 50.7 Å². The van der Waals surface area contributed by atoms with Crippen molar-refractivity contribution in [2.24, 2.45) is 0 Å². The van der Waals surface area contributed by atoms with E-state index in [1.165, 1.54) is 36.4 Å². The molecule has 0 heterocycles. The first-order valence-corrected chi connectivity index (χ1v) is 12.4. The maximum atomic E-state index is 13.4. The molecule has 3 aromatic rings. The van der Waals surface area contributed by atoms with Crippen LogP contribution < -0.4 is 5.32 Å². The van der Waals surface area contributed by atoms with E-state index in [4.69, 9.17) is 34.8 Å². The van der Waals surface area contributed by atoms with Gasteiger partial charge in [-0.2, -0.15) is 4.31 Å². The molecule has 0 bridgehead atoms. The van der Waals surface area contributed by atoms with E-state index in [2.05, 4.69) is 5.32 Å². The van der Waals surface area contributed by atoms with Gasteiger partial charge in [0.25, 0.3) is 0 Å². The van der Waals surface area contributed by atoms with Crippen molar-refractivity contribution in [3.8, 4) is 0 Å². The lowest BCUT2D eigenvalue weighted by molar-refractivity contribution is -0.122. The molecule has 10 heteroatoms. The minimum absolute atomic E-state index is 0.0329. The van der Waals surface area contributed by atoms with Gasteiger partial charge in [0.15, 0.2) is 0 Å².